The molecule has 0 fully saturated rings. The van der Waals surface area contributed by atoms with Gasteiger partial charge in [-0.25, -0.2) is 0 Å². The number of fused-ring (bicyclic) bond motifs is 5. The van der Waals surface area contributed by atoms with E-state index in [4.69, 9.17) is 20.9 Å². The summed E-state index contributed by atoms with van der Waals surface area (Å²) in [4.78, 5) is 0. The fraction of sp³-hybridized carbons (Fsp3) is 0. The van der Waals surface area contributed by atoms with Gasteiger partial charge in [-0.05, 0) is 84.3 Å². The van der Waals surface area contributed by atoms with Crippen LogP contribution in [0.3, 0.4) is 0 Å². The van der Waals surface area contributed by atoms with Crippen LogP contribution in [0.2, 0.25) is 0 Å². The lowest BCUT2D eigenvalue weighted by Crippen LogP contribution is -1.93. The zero-order valence-corrected chi connectivity index (χ0v) is 23.5. The van der Waals surface area contributed by atoms with Crippen LogP contribution in [0.1, 0.15) is 19.2 Å². The lowest BCUT2D eigenvalue weighted by Gasteiger charge is -2.20. The van der Waals surface area contributed by atoms with Crippen LogP contribution in [0.5, 0.6) is 0 Å². The monoisotopic (exact) mass is 586 g/mol. The summed E-state index contributed by atoms with van der Waals surface area (Å²) in [5, 5.41) is 3.72. The van der Waals surface area contributed by atoms with E-state index in [9.17, 15) is 2.74 Å². The number of furan rings is 1. The number of rotatable bonds is 4. The first-order valence-electron chi connectivity index (χ1n) is 21.3. The molecule has 0 aliphatic heterocycles. The molecule has 0 aliphatic carbocycles. The van der Waals surface area contributed by atoms with Crippen molar-refractivity contribution in [3.63, 3.8) is 0 Å². The third kappa shape index (κ3) is 4.17. The molecule has 0 aliphatic rings. The van der Waals surface area contributed by atoms with Gasteiger partial charge in [-0.3, -0.25) is 0 Å². The molecule has 0 spiro atoms. The summed E-state index contributed by atoms with van der Waals surface area (Å²) in [6.07, 6.45) is 0. The molecule has 1 heterocycles. The fourth-order valence-electron chi connectivity index (χ4n) is 6.20. The maximum Gasteiger partial charge on any atom is 0.136 e. The van der Waals surface area contributed by atoms with E-state index in [0.717, 1.165) is 5.39 Å². The van der Waals surface area contributed by atoms with Crippen molar-refractivity contribution in [2.24, 2.45) is 0 Å². The smallest absolute Gasteiger partial charge is 0.136 e. The van der Waals surface area contributed by atoms with Gasteiger partial charge in [0, 0.05) is 10.8 Å². The molecule has 0 atom stereocenters. The summed E-state index contributed by atoms with van der Waals surface area (Å²) in [5.41, 5.74) is 1.84. The average Bonchev–Trinajstić information content (AvgIpc) is 3.61. The normalized spacial score (nSPS) is 15.9. The number of para-hydroxylation sites is 1. The van der Waals surface area contributed by atoms with Crippen molar-refractivity contribution >= 4 is 43.5 Å². The van der Waals surface area contributed by atoms with Crippen molar-refractivity contribution in [2.75, 3.05) is 0 Å². The van der Waals surface area contributed by atoms with E-state index in [-0.39, 0.29) is 11.1 Å². The van der Waals surface area contributed by atoms with E-state index in [0.29, 0.717) is 60.4 Å². The van der Waals surface area contributed by atoms with Gasteiger partial charge in [-0.2, -0.15) is 0 Å². The van der Waals surface area contributed by atoms with Gasteiger partial charge in [0.15, 0.2) is 0 Å². The zero-order valence-electron chi connectivity index (χ0n) is 37.5. The van der Waals surface area contributed by atoms with Gasteiger partial charge >= 0.3 is 0 Å². The molecular weight excluding hydrogens is 544 g/mol. The average molecular weight is 587 g/mol. The second-order valence-corrected chi connectivity index (χ2v) is 10.6. The summed E-state index contributed by atoms with van der Waals surface area (Å²) in [7, 11) is 0. The van der Waals surface area contributed by atoms with E-state index in [1.165, 1.54) is 0 Å². The Hall–Kier alpha value is -5.92. The first kappa shape index (κ1) is 15.2. The minimum Gasteiger partial charge on any atom is -0.456 e. The Kier molecular flexibility index (Phi) is 3.50. The molecule has 0 unspecified atom stereocenters. The minimum absolute atomic E-state index is 0.0339. The van der Waals surface area contributed by atoms with Crippen LogP contribution >= 0.6 is 0 Å². The van der Waals surface area contributed by atoms with Gasteiger partial charge in [0.2, 0.25) is 0 Å². The number of benzene rings is 8. The highest BCUT2D eigenvalue weighted by Gasteiger charge is 2.21. The molecule has 0 radical (unpaired) electrons. The van der Waals surface area contributed by atoms with Crippen LogP contribution < -0.4 is 0 Å². The zero-order chi connectivity index (χ0) is 41.9. The van der Waals surface area contributed by atoms with Gasteiger partial charge in [-0.1, -0.05) is 151 Å². The number of hydrogen-bond donors (Lipinski definition) is 0. The van der Waals surface area contributed by atoms with Gasteiger partial charge in [0.25, 0.3) is 0 Å². The second kappa shape index (κ2) is 10.4. The van der Waals surface area contributed by atoms with E-state index >= 15 is 0 Å². The van der Waals surface area contributed by atoms with Crippen LogP contribution in [-0.4, -0.2) is 0 Å². The van der Waals surface area contributed by atoms with Crippen LogP contribution in [0.25, 0.3) is 88.0 Å². The van der Waals surface area contributed by atoms with Crippen molar-refractivity contribution in [1.29, 1.82) is 0 Å². The molecule has 0 saturated heterocycles. The number of hydrogen-bond acceptors (Lipinski definition) is 1. The van der Waals surface area contributed by atoms with Crippen molar-refractivity contribution < 1.29 is 23.6 Å². The van der Waals surface area contributed by atoms with E-state index < -0.39 is 95.7 Å². The van der Waals surface area contributed by atoms with Crippen LogP contribution in [0.4, 0.5) is 0 Å². The lowest BCUT2D eigenvalue weighted by molar-refractivity contribution is 0.669. The standard InChI is InChI=1S/C44H28O/c1-3-13-29(14-4-1)30-23-25-32(26-24-30)43-34-18-7-9-20-36(34)44(37-21-10-8-19-35(37)43)40-27-39-33-17-11-12-22-41(33)45-42(39)28-38(40)31-15-5-2-6-16-31/h1-28H/i1D,2D,3D,4D,5D,6D,13D,14D,15D,16D,23D,24D,25D,26D. The third-order valence-corrected chi connectivity index (χ3v) is 8.11. The van der Waals surface area contributed by atoms with Crippen molar-refractivity contribution in [1.82, 2.24) is 0 Å². The molecule has 8 aromatic carbocycles. The first-order chi connectivity index (χ1) is 28.1. The summed E-state index contributed by atoms with van der Waals surface area (Å²) >= 11 is 0. The predicted octanol–water partition coefficient (Wildman–Crippen LogP) is 12.6. The van der Waals surface area contributed by atoms with Gasteiger partial charge < -0.3 is 4.42 Å². The molecular formula is C44H28O. The molecule has 1 aromatic heterocycles. The van der Waals surface area contributed by atoms with Gasteiger partial charge in [0.05, 0.1) is 19.2 Å². The van der Waals surface area contributed by atoms with Gasteiger partial charge in [0.1, 0.15) is 11.2 Å². The van der Waals surface area contributed by atoms with Gasteiger partial charge in [-0.15, -0.1) is 0 Å². The summed E-state index contributed by atoms with van der Waals surface area (Å²) in [6, 6.07) is 17.6. The second-order valence-electron chi connectivity index (χ2n) is 10.6. The van der Waals surface area contributed by atoms with Crippen LogP contribution in [0.15, 0.2) is 174 Å². The molecule has 0 amide bonds. The largest absolute Gasteiger partial charge is 0.456 e. The summed E-state index contributed by atoms with van der Waals surface area (Å²) in [6.45, 7) is 0. The highest BCUT2D eigenvalue weighted by atomic mass is 16.3. The Morgan fingerprint density at radius 2 is 0.844 bits per heavy atom. The Labute approximate surface area is 281 Å². The van der Waals surface area contributed by atoms with Crippen molar-refractivity contribution in [2.45, 2.75) is 0 Å². The van der Waals surface area contributed by atoms with Crippen LogP contribution in [-0.2, 0) is 0 Å². The maximum atomic E-state index is 9.37. The quantitative estimate of drug-likeness (QED) is 0.187. The van der Waals surface area contributed by atoms with Crippen molar-refractivity contribution in [3.05, 3.63) is 170 Å². The molecule has 9 rings (SSSR count). The molecule has 9 aromatic rings. The van der Waals surface area contributed by atoms with Crippen LogP contribution in [0, 0.1) is 0 Å². The Balaban J connectivity index is 1.43. The highest BCUT2D eigenvalue weighted by Crippen LogP contribution is 2.48. The molecule has 0 bridgehead atoms. The Morgan fingerprint density at radius 3 is 1.47 bits per heavy atom. The van der Waals surface area contributed by atoms with Crippen molar-refractivity contribution in [3.8, 4) is 44.5 Å². The summed E-state index contributed by atoms with van der Waals surface area (Å²) < 4.78 is 128. The summed E-state index contributed by atoms with van der Waals surface area (Å²) in [5.74, 6) is 0. The lowest BCUT2D eigenvalue weighted by atomic mass is 9.83. The molecule has 1 heteroatoms. The fourth-order valence-corrected chi connectivity index (χ4v) is 6.20. The molecule has 1 nitrogen and oxygen atoms in total. The topological polar surface area (TPSA) is 13.1 Å². The van der Waals surface area contributed by atoms with E-state index in [1.54, 1.807) is 42.5 Å². The Morgan fingerprint density at radius 1 is 0.356 bits per heavy atom. The SMILES string of the molecule is [2H]c1c([2H])c([2H])c(-c2cc3oc4ccccc4c3cc2-c2c3ccccc3c(-c3c([2H])c([2H])c(-c4c([2H])c([2H])c([2H])c([2H])c4[2H])c([2H])c3[2H])c3ccccc23)c([2H])c1[2H]. The minimum atomic E-state index is -0.667. The molecule has 45 heavy (non-hydrogen) atoms. The molecule has 0 saturated carbocycles. The first-order valence-corrected chi connectivity index (χ1v) is 14.3. The third-order valence-electron chi connectivity index (χ3n) is 8.11. The maximum absolute atomic E-state index is 9.37. The van der Waals surface area contributed by atoms with E-state index in [2.05, 4.69) is 0 Å². The molecule has 0 N–H and O–H groups in total. The highest BCUT2D eigenvalue weighted by molar-refractivity contribution is 6.23. The Bertz CT molecular complexity index is 3190. The predicted molar refractivity (Wildman–Crippen MR) is 190 cm³/mol. The molecule has 210 valence electrons. The van der Waals surface area contributed by atoms with E-state index in [1.807, 2.05) is 42.5 Å².